The van der Waals surface area contributed by atoms with Gasteiger partial charge in [0.25, 0.3) is 0 Å². The van der Waals surface area contributed by atoms with E-state index in [9.17, 15) is 0 Å². The smallest absolute Gasteiger partial charge is 0.165 e. The first-order chi connectivity index (χ1) is 7.40. The molecule has 2 aliphatic heterocycles. The van der Waals surface area contributed by atoms with Crippen LogP contribution in [0.1, 0.15) is 17.9 Å². The molecule has 1 fully saturated rings. The molecule has 1 aromatic carbocycles. The summed E-state index contributed by atoms with van der Waals surface area (Å²) >= 11 is 0. The van der Waals surface area contributed by atoms with Crippen molar-refractivity contribution in [3.63, 3.8) is 0 Å². The quantitative estimate of drug-likeness (QED) is 0.754. The summed E-state index contributed by atoms with van der Waals surface area (Å²) in [5, 5.41) is 3.36. The van der Waals surface area contributed by atoms with Crippen molar-refractivity contribution in [3.8, 4) is 11.5 Å². The highest BCUT2D eigenvalue weighted by Crippen LogP contribution is 2.46. The van der Waals surface area contributed by atoms with Gasteiger partial charge >= 0.3 is 0 Å². The van der Waals surface area contributed by atoms with Crippen LogP contribution in [0.2, 0.25) is 0 Å². The third-order valence-electron chi connectivity index (χ3n) is 3.32. The zero-order valence-corrected chi connectivity index (χ0v) is 8.82. The topological polar surface area (TPSA) is 30.5 Å². The second kappa shape index (κ2) is 3.42. The van der Waals surface area contributed by atoms with Crippen molar-refractivity contribution < 1.29 is 9.47 Å². The van der Waals surface area contributed by atoms with Crippen molar-refractivity contribution in [1.29, 1.82) is 0 Å². The molecule has 1 N–H and O–H groups in total. The molecule has 0 aromatic heterocycles. The monoisotopic (exact) mass is 205 g/mol. The normalized spacial score (nSPS) is 27.8. The third-order valence-corrected chi connectivity index (χ3v) is 3.32. The van der Waals surface area contributed by atoms with E-state index in [1.54, 1.807) is 7.11 Å². The molecular formula is C12H15NO2. The molecule has 0 radical (unpaired) electrons. The molecule has 1 aromatic rings. The number of fused-ring (bicyclic) bond motifs is 3. The predicted molar refractivity (Wildman–Crippen MR) is 57.6 cm³/mol. The highest BCUT2D eigenvalue weighted by Gasteiger charge is 2.37. The number of piperidine rings is 1. The molecule has 3 nitrogen and oxygen atoms in total. The second-order valence-electron chi connectivity index (χ2n) is 4.13. The van der Waals surface area contributed by atoms with E-state index in [0.717, 1.165) is 31.0 Å². The van der Waals surface area contributed by atoms with Crippen LogP contribution in [0.5, 0.6) is 11.5 Å². The molecule has 1 saturated heterocycles. The van der Waals surface area contributed by atoms with Gasteiger partial charge in [0.1, 0.15) is 6.10 Å². The number of para-hydroxylation sites is 1. The van der Waals surface area contributed by atoms with Crippen LogP contribution < -0.4 is 14.8 Å². The van der Waals surface area contributed by atoms with Crippen LogP contribution in [-0.4, -0.2) is 26.3 Å². The van der Waals surface area contributed by atoms with Crippen molar-refractivity contribution in [3.05, 3.63) is 23.8 Å². The Kier molecular flexibility index (Phi) is 2.06. The molecule has 0 aliphatic carbocycles. The van der Waals surface area contributed by atoms with Gasteiger partial charge < -0.3 is 14.8 Å². The van der Waals surface area contributed by atoms with Crippen LogP contribution in [0.15, 0.2) is 18.2 Å². The Morgan fingerprint density at radius 3 is 3.27 bits per heavy atom. The molecule has 2 aliphatic rings. The van der Waals surface area contributed by atoms with E-state index >= 15 is 0 Å². The first-order valence-corrected chi connectivity index (χ1v) is 5.44. The van der Waals surface area contributed by atoms with Gasteiger partial charge in [0.15, 0.2) is 11.5 Å². The molecule has 2 atom stereocenters. The summed E-state index contributed by atoms with van der Waals surface area (Å²) in [5.74, 6) is 2.37. The zero-order chi connectivity index (χ0) is 10.3. The number of methoxy groups -OCH3 is 1. The molecule has 2 unspecified atom stereocenters. The summed E-state index contributed by atoms with van der Waals surface area (Å²) < 4.78 is 11.3. The lowest BCUT2D eigenvalue weighted by Crippen LogP contribution is -2.39. The Bertz CT molecular complexity index is 378. The SMILES string of the molecule is COc1cccc2c1OC1CNCCC21. The van der Waals surface area contributed by atoms with Crippen molar-refractivity contribution in [2.24, 2.45) is 0 Å². The molecule has 0 bridgehead atoms. The summed E-state index contributed by atoms with van der Waals surface area (Å²) in [6.45, 7) is 2.03. The number of nitrogens with one attached hydrogen (secondary N) is 1. The maximum Gasteiger partial charge on any atom is 0.165 e. The van der Waals surface area contributed by atoms with Gasteiger partial charge in [0.2, 0.25) is 0 Å². The van der Waals surface area contributed by atoms with E-state index < -0.39 is 0 Å². The number of hydrogen-bond acceptors (Lipinski definition) is 3. The number of benzene rings is 1. The maximum atomic E-state index is 5.95. The van der Waals surface area contributed by atoms with Crippen LogP contribution in [0.25, 0.3) is 0 Å². The minimum Gasteiger partial charge on any atom is -0.493 e. The van der Waals surface area contributed by atoms with Gasteiger partial charge in [-0.1, -0.05) is 12.1 Å². The standard InChI is InChI=1S/C12H15NO2/c1-14-10-4-2-3-9-8-5-6-13-7-11(8)15-12(9)10/h2-4,8,11,13H,5-7H2,1H3. The Hall–Kier alpha value is -1.22. The largest absolute Gasteiger partial charge is 0.493 e. The van der Waals surface area contributed by atoms with E-state index in [4.69, 9.17) is 9.47 Å². The first kappa shape index (κ1) is 9.04. The predicted octanol–water partition coefficient (Wildman–Crippen LogP) is 1.53. The maximum absolute atomic E-state index is 5.95. The van der Waals surface area contributed by atoms with E-state index in [0.29, 0.717) is 12.0 Å². The summed E-state index contributed by atoms with van der Waals surface area (Å²) in [6, 6.07) is 6.17. The molecule has 3 rings (SSSR count). The van der Waals surface area contributed by atoms with Crippen molar-refractivity contribution in [2.45, 2.75) is 18.4 Å². The van der Waals surface area contributed by atoms with Gasteiger partial charge in [-0.2, -0.15) is 0 Å². The minimum absolute atomic E-state index is 0.296. The molecule has 0 saturated carbocycles. The lowest BCUT2D eigenvalue weighted by atomic mass is 9.90. The first-order valence-electron chi connectivity index (χ1n) is 5.44. The Labute approximate surface area is 89.4 Å². The highest BCUT2D eigenvalue weighted by molar-refractivity contribution is 5.51. The lowest BCUT2D eigenvalue weighted by molar-refractivity contribution is 0.172. The number of ether oxygens (including phenoxy) is 2. The fourth-order valence-electron chi connectivity index (χ4n) is 2.57. The molecule has 3 heteroatoms. The highest BCUT2D eigenvalue weighted by atomic mass is 16.5. The molecule has 15 heavy (non-hydrogen) atoms. The Morgan fingerprint density at radius 2 is 2.40 bits per heavy atom. The van der Waals surface area contributed by atoms with Crippen molar-refractivity contribution in [2.75, 3.05) is 20.2 Å². The van der Waals surface area contributed by atoms with E-state index in [2.05, 4.69) is 11.4 Å². The van der Waals surface area contributed by atoms with Crippen LogP contribution >= 0.6 is 0 Å². The second-order valence-corrected chi connectivity index (χ2v) is 4.13. The average Bonchev–Trinajstić information content (AvgIpc) is 2.67. The molecule has 80 valence electrons. The minimum atomic E-state index is 0.296. The van der Waals surface area contributed by atoms with E-state index in [1.165, 1.54) is 5.56 Å². The van der Waals surface area contributed by atoms with Crippen LogP contribution in [0.3, 0.4) is 0 Å². The van der Waals surface area contributed by atoms with E-state index in [1.807, 2.05) is 12.1 Å². The van der Waals surface area contributed by atoms with Gasteiger partial charge in [-0.05, 0) is 19.0 Å². The van der Waals surface area contributed by atoms with Crippen molar-refractivity contribution in [1.82, 2.24) is 5.32 Å². The lowest BCUT2D eigenvalue weighted by Gasteiger charge is -2.24. The van der Waals surface area contributed by atoms with Gasteiger partial charge in [-0.25, -0.2) is 0 Å². The van der Waals surface area contributed by atoms with Gasteiger partial charge in [0.05, 0.1) is 7.11 Å². The summed E-state index contributed by atoms with van der Waals surface area (Å²) in [5.41, 5.74) is 1.32. The Morgan fingerprint density at radius 1 is 1.47 bits per heavy atom. The van der Waals surface area contributed by atoms with Gasteiger partial charge in [-0.15, -0.1) is 0 Å². The summed E-state index contributed by atoms with van der Waals surface area (Å²) in [6.07, 6.45) is 1.45. The number of hydrogen-bond donors (Lipinski definition) is 1. The van der Waals surface area contributed by atoms with Gasteiger partial charge in [-0.3, -0.25) is 0 Å². The van der Waals surface area contributed by atoms with Gasteiger partial charge in [0, 0.05) is 18.0 Å². The van der Waals surface area contributed by atoms with Crippen molar-refractivity contribution >= 4 is 0 Å². The molecule has 0 spiro atoms. The van der Waals surface area contributed by atoms with Crippen LogP contribution in [0, 0.1) is 0 Å². The van der Waals surface area contributed by atoms with Crippen LogP contribution in [-0.2, 0) is 0 Å². The summed E-state index contributed by atoms with van der Waals surface area (Å²) in [4.78, 5) is 0. The zero-order valence-electron chi connectivity index (χ0n) is 8.82. The molecule has 2 heterocycles. The van der Waals surface area contributed by atoms with E-state index in [-0.39, 0.29) is 0 Å². The molecule has 0 amide bonds. The fourth-order valence-corrected chi connectivity index (χ4v) is 2.57. The van der Waals surface area contributed by atoms with Crippen LogP contribution in [0.4, 0.5) is 0 Å². The molecular weight excluding hydrogens is 190 g/mol. The average molecular weight is 205 g/mol. The number of rotatable bonds is 1. The summed E-state index contributed by atoms with van der Waals surface area (Å²) in [7, 11) is 1.69. The fraction of sp³-hybridized carbons (Fsp3) is 0.500. The third kappa shape index (κ3) is 1.30. The Balaban J connectivity index is 2.03.